The second kappa shape index (κ2) is 6.39. The summed E-state index contributed by atoms with van der Waals surface area (Å²) in [5.41, 5.74) is 5.25. The summed E-state index contributed by atoms with van der Waals surface area (Å²) >= 11 is 0. The Morgan fingerprint density at radius 1 is 1.41 bits per heavy atom. The lowest BCUT2D eigenvalue weighted by Crippen LogP contribution is -2.49. The highest BCUT2D eigenvalue weighted by atomic mass is 16.5. The van der Waals surface area contributed by atoms with Gasteiger partial charge in [-0.1, -0.05) is 26.2 Å². The molecule has 1 aliphatic rings. The van der Waals surface area contributed by atoms with Crippen LogP contribution in [-0.2, 0) is 9.53 Å². The van der Waals surface area contributed by atoms with Gasteiger partial charge in [0.25, 0.3) is 0 Å². The van der Waals surface area contributed by atoms with Gasteiger partial charge in [-0.15, -0.1) is 0 Å². The molecule has 0 aromatic carbocycles. The van der Waals surface area contributed by atoms with Crippen LogP contribution in [0.1, 0.15) is 65.7 Å². The molecule has 1 fully saturated rings. The van der Waals surface area contributed by atoms with Gasteiger partial charge < -0.3 is 10.5 Å². The summed E-state index contributed by atoms with van der Waals surface area (Å²) in [7, 11) is 0. The zero-order chi connectivity index (χ0) is 12.9. The average Bonchev–Trinajstić information content (AvgIpc) is 3.08. The standard InChI is InChI=1S/C14H27NO2/c1-4-5-6-7-8-11(2)17-13(16)14(3,15)12-9-10-12/h11-12H,4-10,15H2,1-3H3. The fourth-order valence-corrected chi connectivity index (χ4v) is 2.08. The van der Waals surface area contributed by atoms with Gasteiger partial charge in [-0.3, -0.25) is 4.79 Å². The van der Waals surface area contributed by atoms with Crippen molar-refractivity contribution in [2.75, 3.05) is 0 Å². The summed E-state index contributed by atoms with van der Waals surface area (Å²) in [6.07, 6.45) is 7.93. The van der Waals surface area contributed by atoms with Crippen LogP contribution in [0.5, 0.6) is 0 Å². The van der Waals surface area contributed by atoms with Gasteiger partial charge in [0.05, 0.1) is 6.10 Å². The fourth-order valence-electron chi connectivity index (χ4n) is 2.08. The van der Waals surface area contributed by atoms with Gasteiger partial charge in [0, 0.05) is 0 Å². The van der Waals surface area contributed by atoms with Crippen molar-refractivity contribution in [2.24, 2.45) is 11.7 Å². The first-order valence-corrected chi connectivity index (χ1v) is 6.98. The second-order valence-electron chi connectivity index (χ2n) is 5.62. The summed E-state index contributed by atoms with van der Waals surface area (Å²) in [5.74, 6) is 0.116. The van der Waals surface area contributed by atoms with Crippen LogP contribution in [0.2, 0.25) is 0 Å². The maximum Gasteiger partial charge on any atom is 0.326 e. The van der Waals surface area contributed by atoms with Crippen molar-refractivity contribution < 1.29 is 9.53 Å². The predicted octanol–water partition coefficient (Wildman–Crippen LogP) is 3.02. The Kier molecular flexibility index (Phi) is 5.44. The Morgan fingerprint density at radius 2 is 2.06 bits per heavy atom. The van der Waals surface area contributed by atoms with Crippen LogP contribution in [0.4, 0.5) is 0 Å². The van der Waals surface area contributed by atoms with Crippen molar-refractivity contribution in [1.29, 1.82) is 0 Å². The number of rotatable bonds is 8. The molecule has 0 aliphatic heterocycles. The van der Waals surface area contributed by atoms with Gasteiger partial charge in [-0.05, 0) is 45.4 Å². The largest absolute Gasteiger partial charge is 0.461 e. The third kappa shape index (κ3) is 4.66. The van der Waals surface area contributed by atoms with Crippen molar-refractivity contribution in [3.8, 4) is 0 Å². The molecule has 0 spiro atoms. The van der Waals surface area contributed by atoms with Crippen molar-refractivity contribution in [3.63, 3.8) is 0 Å². The molecule has 3 nitrogen and oxygen atoms in total. The van der Waals surface area contributed by atoms with Crippen LogP contribution in [0.15, 0.2) is 0 Å². The minimum atomic E-state index is -0.766. The molecular formula is C14H27NO2. The molecule has 2 unspecified atom stereocenters. The number of ether oxygens (including phenoxy) is 1. The Balaban J connectivity index is 2.20. The molecule has 2 N–H and O–H groups in total. The molecule has 0 saturated heterocycles. The van der Waals surface area contributed by atoms with Gasteiger partial charge in [0.15, 0.2) is 0 Å². The van der Waals surface area contributed by atoms with Gasteiger partial charge >= 0.3 is 5.97 Å². The third-order valence-electron chi connectivity index (χ3n) is 3.64. The molecule has 0 amide bonds. The normalized spacial score (nSPS) is 20.7. The van der Waals surface area contributed by atoms with Gasteiger partial charge in [-0.2, -0.15) is 0 Å². The fraction of sp³-hybridized carbons (Fsp3) is 0.929. The van der Waals surface area contributed by atoms with E-state index >= 15 is 0 Å². The zero-order valence-corrected chi connectivity index (χ0v) is 11.5. The van der Waals surface area contributed by atoms with E-state index in [1.54, 1.807) is 6.92 Å². The molecule has 1 saturated carbocycles. The number of esters is 1. The van der Waals surface area contributed by atoms with Crippen LogP contribution >= 0.6 is 0 Å². The van der Waals surface area contributed by atoms with Crippen LogP contribution in [0.3, 0.4) is 0 Å². The van der Waals surface area contributed by atoms with E-state index in [1.165, 1.54) is 19.3 Å². The monoisotopic (exact) mass is 241 g/mol. The quantitative estimate of drug-likeness (QED) is 0.525. The highest BCUT2D eigenvalue weighted by Crippen LogP contribution is 2.38. The molecule has 0 aromatic rings. The van der Waals surface area contributed by atoms with E-state index < -0.39 is 5.54 Å². The number of hydrogen-bond donors (Lipinski definition) is 1. The predicted molar refractivity (Wildman–Crippen MR) is 69.6 cm³/mol. The highest BCUT2D eigenvalue weighted by molar-refractivity contribution is 5.81. The van der Waals surface area contributed by atoms with E-state index in [1.807, 2.05) is 6.92 Å². The molecule has 3 heteroatoms. The van der Waals surface area contributed by atoms with Crippen LogP contribution in [0.25, 0.3) is 0 Å². The highest BCUT2D eigenvalue weighted by Gasteiger charge is 2.45. The third-order valence-corrected chi connectivity index (χ3v) is 3.64. The van der Waals surface area contributed by atoms with Gasteiger partial charge in [0.1, 0.15) is 5.54 Å². The van der Waals surface area contributed by atoms with Gasteiger partial charge in [0.2, 0.25) is 0 Å². The van der Waals surface area contributed by atoms with E-state index in [-0.39, 0.29) is 12.1 Å². The SMILES string of the molecule is CCCCCCC(C)OC(=O)C(C)(N)C1CC1. The van der Waals surface area contributed by atoms with Crippen molar-refractivity contribution >= 4 is 5.97 Å². The smallest absolute Gasteiger partial charge is 0.326 e. The lowest BCUT2D eigenvalue weighted by atomic mass is 9.97. The van der Waals surface area contributed by atoms with Gasteiger partial charge in [-0.25, -0.2) is 0 Å². The molecular weight excluding hydrogens is 214 g/mol. The summed E-state index contributed by atoms with van der Waals surface area (Å²) in [4.78, 5) is 11.9. The first kappa shape index (κ1) is 14.5. The second-order valence-corrected chi connectivity index (χ2v) is 5.62. The zero-order valence-electron chi connectivity index (χ0n) is 11.5. The number of unbranched alkanes of at least 4 members (excludes halogenated alkanes) is 3. The Hall–Kier alpha value is -0.570. The lowest BCUT2D eigenvalue weighted by Gasteiger charge is -2.24. The first-order valence-electron chi connectivity index (χ1n) is 6.98. The first-order chi connectivity index (χ1) is 7.98. The summed E-state index contributed by atoms with van der Waals surface area (Å²) in [6, 6.07) is 0. The van der Waals surface area contributed by atoms with Crippen LogP contribution < -0.4 is 5.73 Å². The molecule has 0 bridgehead atoms. The minimum absolute atomic E-state index is 0.000908. The Morgan fingerprint density at radius 3 is 2.59 bits per heavy atom. The Bertz CT molecular complexity index is 247. The molecule has 0 heterocycles. The molecule has 0 radical (unpaired) electrons. The van der Waals surface area contributed by atoms with Crippen molar-refractivity contribution in [3.05, 3.63) is 0 Å². The number of hydrogen-bond acceptors (Lipinski definition) is 3. The van der Waals surface area contributed by atoms with E-state index in [9.17, 15) is 4.79 Å². The number of nitrogens with two attached hydrogens (primary N) is 1. The number of carbonyl (C=O) groups excluding carboxylic acids is 1. The van der Waals surface area contributed by atoms with Crippen LogP contribution in [-0.4, -0.2) is 17.6 Å². The topological polar surface area (TPSA) is 52.3 Å². The van der Waals surface area contributed by atoms with Crippen LogP contribution in [0, 0.1) is 5.92 Å². The van der Waals surface area contributed by atoms with E-state index in [0.29, 0.717) is 5.92 Å². The lowest BCUT2D eigenvalue weighted by molar-refractivity contribution is -0.155. The molecule has 100 valence electrons. The van der Waals surface area contributed by atoms with E-state index in [4.69, 9.17) is 10.5 Å². The number of carbonyl (C=O) groups is 1. The van der Waals surface area contributed by atoms with Crippen molar-refractivity contribution in [2.45, 2.75) is 77.4 Å². The molecule has 1 rings (SSSR count). The summed E-state index contributed by atoms with van der Waals surface area (Å²) < 4.78 is 5.43. The van der Waals surface area contributed by atoms with Crippen molar-refractivity contribution in [1.82, 2.24) is 0 Å². The molecule has 1 aliphatic carbocycles. The molecule has 17 heavy (non-hydrogen) atoms. The summed E-state index contributed by atoms with van der Waals surface area (Å²) in [5, 5.41) is 0. The van der Waals surface area contributed by atoms with E-state index in [0.717, 1.165) is 25.7 Å². The Labute approximate surface area is 105 Å². The maximum absolute atomic E-state index is 11.9. The molecule has 2 atom stereocenters. The maximum atomic E-state index is 11.9. The minimum Gasteiger partial charge on any atom is -0.461 e. The summed E-state index contributed by atoms with van der Waals surface area (Å²) in [6.45, 7) is 5.96. The molecule has 0 aromatic heterocycles. The van der Waals surface area contributed by atoms with E-state index in [2.05, 4.69) is 6.92 Å². The average molecular weight is 241 g/mol.